The Balaban J connectivity index is 2.24. The molecule has 0 aliphatic carbocycles. The summed E-state index contributed by atoms with van der Waals surface area (Å²) < 4.78 is 7.95. The molecule has 0 unspecified atom stereocenters. The third-order valence-electron chi connectivity index (χ3n) is 4.89. The number of ketones is 1. The second-order valence-corrected chi connectivity index (χ2v) is 6.54. The number of rotatable bonds is 6. The first-order valence-electron chi connectivity index (χ1n) is 9.35. The first-order chi connectivity index (χ1) is 13.9. The van der Waals surface area contributed by atoms with E-state index in [-0.39, 0.29) is 35.6 Å². The van der Waals surface area contributed by atoms with Crippen LogP contribution in [0.1, 0.15) is 46.0 Å². The summed E-state index contributed by atoms with van der Waals surface area (Å²) in [6.45, 7) is 3.56. The van der Waals surface area contributed by atoms with E-state index in [4.69, 9.17) is 4.74 Å². The highest BCUT2D eigenvalue weighted by atomic mass is 16.5. The molecular weight excluding hydrogens is 370 g/mol. The normalized spacial score (nSPS) is 10.7. The molecule has 0 aliphatic heterocycles. The van der Waals surface area contributed by atoms with Gasteiger partial charge in [-0.2, -0.15) is 5.26 Å². The van der Waals surface area contributed by atoms with Crippen LogP contribution < -0.4 is 5.56 Å². The van der Waals surface area contributed by atoms with Crippen LogP contribution in [0.4, 0.5) is 0 Å². The summed E-state index contributed by atoms with van der Waals surface area (Å²) in [6, 6.07) is 12.4. The third kappa shape index (κ3) is 3.45. The average Bonchev–Trinajstić information content (AvgIpc) is 3.02. The molecule has 0 atom stereocenters. The van der Waals surface area contributed by atoms with Crippen LogP contribution in [0.5, 0.6) is 0 Å². The number of Topliss-reactive ketones (excluding diaryl/α,β-unsaturated/α-hetero) is 1. The molecule has 1 aromatic carbocycles. The van der Waals surface area contributed by atoms with Gasteiger partial charge in [0.05, 0.1) is 29.6 Å². The van der Waals surface area contributed by atoms with Crippen LogP contribution in [0.25, 0.3) is 10.9 Å². The summed E-state index contributed by atoms with van der Waals surface area (Å²) in [5.74, 6) is -0.867. The minimum Gasteiger partial charge on any atom is -0.461 e. The number of nitrogens with zero attached hydrogens (tertiary/aromatic N) is 3. The maximum atomic E-state index is 13.3. The third-order valence-corrected chi connectivity index (χ3v) is 4.89. The summed E-state index contributed by atoms with van der Waals surface area (Å²) in [7, 11) is 1.62. The molecule has 2 heterocycles. The molecule has 0 N–H and O–H groups in total. The minimum absolute atomic E-state index is 0.0329. The lowest BCUT2D eigenvalue weighted by Gasteiger charge is -2.12. The maximum Gasteiger partial charge on any atom is 0.356 e. The molecule has 0 amide bonds. The summed E-state index contributed by atoms with van der Waals surface area (Å²) in [6.07, 6.45) is 0.509. The van der Waals surface area contributed by atoms with E-state index >= 15 is 0 Å². The molecule has 0 aliphatic rings. The smallest absolute Gasteiger partial charge is 0.356 e. The van der Waals surface area contributed by atoms with E-state index in [1.54, 1.807) is 44.3 Å². The van der Waals surface area contributed by atoms with Gasteiger partial charge in [0, 0.05) is 18.3 Å². The van der Waals surface area contributed by atoms with Crippen LogP contribution in [-0.2, 0) is 24.8 Å². The second kappa shape index (κ2) is 8.15. The van der Waals surface area contributed by atoms with Crippen molar-refractivity contribution < 1.29 is 14.3 Å². The molecule has 0 bridgehead atoms. The zero-order valence-corrected chi connectivity index (χ0v) is 16.6. The number of carbonyl (C=O) groups is 2. The number of ether oxygens (including phenoxy) is 1. The molecule has 0 saturated heterocycles. The van der Waals surface area contributed by atoms with Gasteiger partial charge in [-0.15, -0.1) is 0 Å². The highest BCUT2D eigenvalue weighted by Crippen LogP contribution is 2.24. The van der Waals surface area contributed by atoms with Crippen LogP contribution in [0.15, 0.2) is 41.2 Å². The standard InChI is InChI=1S/C22H21N3O4/c1-4-15-11-17-19(16(12-23)20(24(17)3)22(28)29-5-2)21(27)25(15)13-18(26)14-9-7-6-8-10-14/h6-11H,4-5,13H2,1-3H3. The lowest BCUT2D eigenvalue weighted by Crippen LogP contribution is -2.27. The van der Waals surface area contributed by atoms with Crippen LogP contribution in [0.3, 0.4) is 0 Å². The van der Waals surface area contributed by atoms with Gasteiger partial charge in [0.2, 0.25) is 0 Å². The van der Waals surface area contributed by atoms with Crippen LogP contribution in [-0.4, -0.2) is 27.5 Å². The second-order valence-electron chi connectivity index (χ2n) is 6.54. The quantitative estimate of drug-likeness (QED) is 0.476. The average molecular weight is 391 g/mol. The van der Waals surface area contributed by atoms with Gasteiger partial charge >= 0.3 is 5.97 Å². The zero-order valence-electron chi connectivity index (χ0n) is 16.6. The molecule has 3 rings (SSSR count). The molecule has 0 saturated carbocycles. The molecule has 0 spiro atoms. The largest absolute Gasteiger partial charge is 0.461 e. The molecule has 148 valence electrons. The Morgan fingerprint density at radius 2 is 1.86 bits per heavy atom. The van der Waals surface area contributed by atoms with Crippen molar-refractivity contribution in [1.82, 2.24) is 9.13 Å². The predicted molar refractivity (Wildman–Crippen MR) is 108 cm³/mol. The molecule has 29 heavy (non-hydrogen) atoms. The van der Waals surface area contributed by atoms with E-state index in [1.165, 1.54) is 9.13 Å². The minimum atomic E-state index is -0.660. The van der Waals surface area contributed by atoms with Crippen molar-refractivity contribution in [2.45, 2.75) is 26.8 Å². The molecule has 7 heteroatoms. The van der Waals surface area contributed by atoms with E-state index in [0.29, 0.717) is 23.2 Å². The van der Waals surface area contributed by atoms with Crippen LogP contribution in [0.2, 0.25) is 0 Å². The van der Waals surface area contributed by atoms with E-state index in [9.17, 15) is 19.6 Å². The molecule has 3 aromatic rings. The Bertz CT molecular complexity index is 1200. The molecule has 2 aromatic heterocycles. The van der Waals surface area contributed by atoms with Gasteiger partial charge in [0.25, 0.3) is 5.56 Å². The highest BCUT2D eigenvalue weighted by Gasteiger charge is 2.26. The van der Waals surface area contributed by atoms with Crippen molar-refractivity contribution in [3.63, 3.8) is 0 Å². The predicted octanol–water partition coefficient (Wildman–Crippen LogP) is 2.83. The zero-order chi connectivity index (χ0) is 21.1. The van der Waals surface area contributed by atoms with E-state index in [2.05, 4.69) is 0 Å². The Kier molecular flexibility index (Phi) is 5.64. The monoisotopic (exact) mass is 391 g/mol. The summed E-state index contributed by atoms with van der Waals surface area (Å²) in [5, 5.41) is 9.78. The number of nitriles is 1. The summed E-state index contributed by atoms with van der Waals surface area (Å²) in [4.78, 5) is 38.4. The number of hydrogen-bond acceptors (Lipinski definition) is 5. The van der Waals surface area contributed by atoms with Gasteiger partial charge in [0.1, 0.15) is 11.8 Å². The number of carbonyl (C=O) groups excluding carboxylic acids is 2. The lowest BCUT2D eigenvalue weighted by atomic mass is 10.1. The van der Waals surface area contributed by atoms with Gasteiger partial charge in [-0.25, -0.2) is 4.79 Å². The number of esters is 1. The van der Waals surface area contributed by atoms with Crippen molar-refractivity contribution in [3.8, 4) is 6.07 Å². The number of aryl methyl sites for hydroxylation is 2. The number of aromatic nitrogens is 2. The van der Waals surface area contributed by atoms with Gasteiger partial charge in [-0.1, -0.05) is 37.3 Å². The number of fused-ring (bicyclic) bond motifs is 1. The van der Waals surface area contributed by atoms with Crippen molar-refractivity contribution in [3.05, 3.63) is 69.3 Å². The molecule has 0 fully saturated rings. The van der Waals surface area contributed by atoms with E-state index < -0.39 is 11.5 Å². The topological polar surface area (TPSA) is 94.1 Å². The Hall–Kier alpha value is -3.66. The van der Waals surface area contributed by atoms with Crippen molar-refractivity contribution in [1.29, 1.82) is 5.26 Å². The Morgan fingerprint density at radius 3 is 2.45 bits per heavy atom. The van der Waals surface area contributed by atoms with Crippen molar-refractivity contribution >= 4 is 22.7 Å². The number of benzene rings is 1. The van der Waals surface area contributed by atoms with Crippen LogP contribution in [0, 0.1) is 11.3 Å². The van der Waals surface area contributed by atoms with Gasteiger partial charge < -0.3 is 13.9 Å². The SMILES string of the molecule is CCOC(=O)c1c(C#N)c2c(=O)n(CC(=O)c3ccccc3)c(CC)cc2n1C. The molecule has 0 radical (unpaired) electrons. The van der Waals surface area contributed by atoms with Gasteiger partial charge in [0.15, 0.2) is 5.78 Å². The van der Waals surface area contributed by atoms with E-state index in [0.717, 1.165) is 0 Å². The fourth-order valence-corrected chi connectivity index (χ4v) is 3.46. The Morgan fingerprint density at radius 1 is 1.17 bits per heavy atom. The number of pyridine rings is 1. The van der Waals surface area contributed by atoms with Crippen molar-refractivity contribution in [2.75, 3.05) is 6.61 Å². The summed E-state index contributed by atoms with van der Waals surface area (Å²) >= 11 is 0. The number of hydrogen-bond donors (Lipinski definition) is 0. The summed E-state index contributed by atoms with van der Waals surface area (Å²) in [5.41, 5.74) is 1.15. The molecular formula is C22H21N3O4. The highest BCUT2D eigenvalue weighted by molar-refractivity contribution is 6.01. The van der Waals surface area contributed by atoms with Crippen LogP contribution >= 0.6 is 0 Å². The van der Waals surface area contributed by atoms with Crippen molar-refractivity contribution in [2.24, 2.45) is 7.05 Å². The lowest BCUT2D eigenvalue weighted by molar-refractivity contribution is 0.0515. The fraction of sp³-hybridized carbons (Fsp3) is 0.273. The first kappa shape index (κ1) is 20.1. The first-order valence-corrected chi connectivity index (χ1v) is 9.35. The van der Waals surface area contributed by atoms with Gasteiger partial charge in [-0.05, 0) is 19.4 Å². The Labute approximate surface area is 167 Å². The van der Waals surface area contributed by atoms with Gasteiger partial charge in [-0.3, -0.25) is 9.59 Å². The van der Waals surface area contributed by atoms with E-state index in [1.807, 2.05) is 19.1 Å². The molecule has 7 nitrogen and oxygen atoms in total. The fourth-order valence-electron chi connectivity index (χ4n) is 3.46. The maximum absolute atomic E-state index is 13.3.